The zero-order valence-corrected chi connectivity index (χ0v) is 16.1. The predicted molar refractivity (Wildman–Crippen MR) is 104 cm³/mol. The first-order chi connectivity index (χ1) is 15.3. The van der Waals surface area contributed by atoms with Crippen molar-refractivity contribution in [1.82, 2.24) is 15.4 Å². The van der Waals surface area contributed by atoms with Crippen molar-refractivity contribution in [3.8, 4) is 11.4 Å². The van der Waals surface area contributed by atoms with E-state index in [1.807, 2.05) is 0 Å². The molecule has 14 heteroatoms. The van der Waals surface area contributed by atoms with E-state index in [2.05, 4.69) is 15.8 Å². The molecule has 2 amide bonds. The number of benzene rings is 2. The molecule has 0 aliphatic heterocycles. The smallest absolute Gasteiger partial charge is 0.320 e. The number of aromatic nitrogens is 2. The topological polar surface area (TPSA) is 130 Å². The zero-order chi connectivity index (χ0) is 24.6. The van der Waals surface area contributed by atoms with Gasteiger partial charge in [-0.3, -0.25) is 19.8 Å². The van der Waals surface area contributed by atoms with Crippen LogP contribution < -0.4 is 22.1 Å². The molecule has 0 aliphatic carbocycles. The molecule has 0 fully saturated rings. The van der Waals surface area contributed by atoms with Crippen molar-refractivity contribution in [3.63, 3.8) is 0 Å². The van der Waals surface area contributed by atoms with Gasteiger partial charge in [0.05, 0.1) is 16.6 Å². The Bertz CT molecular complexity index is 1290. The molecule has 3 rings (SSSR count). The second kappa shape index (κ2) is 8.20. The minimum atomic E-state index is -6.45. The summed E-state index contributed by atoms with van der Waals surface area (Å²) in [6, 6.07) is 10.8. The van der Waals surface area contributed by atoms with Gasteiger partial charge in [-0.2, -0.15) is 26.3 Å². The standard InChI is InChI=1S/C19H13F6N5O3/c20-17(21,19(24,25)18(22,23)16(33)30-26)15(32)28-11-7-3-1-5-9(11)13-27-12-8-4-2-6-10(12)14(31)29-13/h1-8H,26H2,(H,28,32)(H,30,33)(H,27,29,31). The monoisotopic (exact) mass is 473 g/mol. The third kappa shape index (κ3) is 3.88. The number of carbonyl (C=O) groups is 2. The number of nitrogens with zero attached hydrogens (tertiary/aromatic N) is 1. The lowest BCUT2D eigenvalue weighted by Gasteiger charge is -2.30. The van der Waals surface area contributed by atoms with Crippen LogP contribution in [0.25, 0.3) is 22.3 Å². The highest BCUT2D eigenvalue weighted by Crippen LogP contribution is 2.46. The summed E-state index contributed by atoms with van der Waals surface area (Å²) in [5, 5.41) is 1.61. The van der Waals surface area contributed by atoms with E-state index in [4.69, 9.17) is 0 Å². The molecule has 33 heavy (non-hydrogen) atoms. The van der Waals surface area contributed by atoms with Crippen LogP contribution in [0.15, 0.2) is 53.3 Å². The summed E-state index contributed by atoms with van der Waals surface area (Å²) >= 11 is 0. The molecule has 3 aromatic rings. The number of hydrazine groups is 1. The Balaban J connectivity index is 2.01. The van der Waals surface area contributed by atoms with Crippen LogP contribution in [0, 0.1) is 0 Å². The van der Waals surface area contributed by atoms with Gasteiger partial charge in [0.15, 0.2) is 0 Å². The number of nitrogens with one attached hydrogen (secondary N) is 3. The number of aromatic amines is 1. The molecule has 0 saturated heterocycles. The van der Waals surface area contributed by atoms with Crippen molar-refractivity contribution < 1.29 is 35.9 Å². The SMILES string of the molecule is NNC(=O)C(F)(F)C(F)(F)C(F)(F)C(=O)Nc1ccccc1-c1nc2ccccc2c(=O)[nH]1. The quantitative estimate of drug-likeness (QED) is 0.189. The lowest BCUT2D eigenvalue weighted by molar-refractivity contribution is -0.285. The third-order valence-electron chi connectivity index (χ3n) is 4.53. The van der Waals surface area contributed by atoms with Gasteiger partial charge in [0.25, 0.3) is 5.56 Å². The number of anilines is 1. The number of nitrogens with two attached hydrogens (primary N) is 1. The molecule has 2 aromatic carbocycles. The van der Waals surface area contributed by atoms with Gasteiger partial charge in [-0.15, -0.1) is 0 Å². The fourth-order valence-corrected chi connectivity index (χ4v) is 2.79. The van der Waals surface area contributed by atoms with E-state index in [1.54, 1.807) is 12.1 Å². The Morgan fingerprint density at radius 1 is 0.879 bits per heavy atom. The van der Waals surface area contributed by atoms with E-state index in [-0.39, 0.29) is 22.3 Å². The summed E-state index contributed by atoms with van der Waals surface area (Å²) in [6.07, 6.45) is 0. The Morgan fingerprint density at radius 3 is 2.12 bits per heavy atom. The van der Waals surface area contributed by atoms with Crippen molar-refractivity contribution >= 4 is 28.4 Å². The molecule has 0 unspecified atom stereocenters. The molecule has 0 saturated carbocycles. The molecule has 1 aromatic heterocycles. The van der Waals surface area contributed by atoms with E-state index in [0.717, 1.165) is 6.07 Å². The Hall–Kier alpha value is -3.94. The summed E-state index contributed by atoms with van der Waals surface area (Å²) in [5.41, 5.74) is -0.515. The first-order valence-electron chi connectivity index (χ1n) is 8.89. The Labute approximate surface area is 179 Å². The minimum absolute atomic E-state index is 0.181. The van der Waals surface area contributed by atoms with Crippen LogP contribution in [0.1, 0.15) is 0 Å². The molecule has 0 aliphatic rings. The highest BCUT2D eigenvalue weighted by molar-refractivity contribution is 6.01. The maximum Gasteiger partial charge on any atom is 0.394 e. The van der Waals surface area contributed by atoms with Crippen molar-refractivity contribution in [2.75, 3.05) is 5.32 Å². The molecule has 0 atom stereocenters. The lowest BCUT2D eigenvalue weighted by Crippen LogP contribution is -2.64. The van der Waals surface area contributed by atoms with E-state index in [9.17, 15) is 40.7 Å². The number of halogens is 6. The second-order valence-electron chi connectivity index (χ2n) is 6.63. The number of amides is 2. The van der Waals surface area contributed by atoms with Gasteiger partial charge in [0.1, 0.15) is 5.82 Å². The Kier molecular flexibility index (Phi) is 5.89. The molecular formula is C19H13F6N5O3. The zero-order valence-electron chi connectivity index (χ0n) is 16.1. The van der Waals surface area contributed by atoms with Crippen LogP contribution >= 0.6 is 0 Å². The number of carbonyl (C=O) groups excluding carboxylic acids is 2. The molecule has 8 nitrogen and oxygen atoms in total. The largest absolute Gasteiger partial charge is 0.394 e. The predicted octanol–water partition coefficient (Wildman–Crippen LogP) is 2.42. The highest BCUT2D eigenvalue weighted by Gasteiger charge is 2.77. The molecule has 1 heterocycles. The normalized spacial score (nSPS) is 12.5. The van der Waals surface area contributed by atoms with E-state index in [1.165, 1.54) is 35.6 Å². The summed E-state index contributed by atoms with van der Waals surface area (Å²) in [4.78, 5) is 41.6. The third-order valence-corrected chi connectivity index (χ3v) is 4.53. The van der Waals surface area contributed by atoms with Crippen LogP contribution in [-0.2, 0) is 9.59 Å². The fraction of sp³-hybridized carbons (Fsp3) is 0.158. The first kappa shape index (κ1) is 23.7. The lowest BCUT2D eigenvalue weighted by atomic mass is 10.0. The van der Waals surface area contributed by atoms with Crippen LogP contribution in [0.4, 0.5) is 32.0 Å². The van der Waals surface area contributed by atoms with Gasteiger partial charge < -0.3 is 10.3 Å². The van der Waals surface area contributed by atoms with Gasteiger partial charge in [0, 0.05) is 5.56 Å². The van der Waals surface area contributed by atoms with Crippen molar-refractivity contribution in [2.24, 2.45) is 5.84 Å². The van der Waals surface area contributed by atoms with Gasteiger partial charge >= 0.3 is 29.6 Å². The number of fused-ring (bicyclic) bond motifs is 1. The molecule has 0 bridgehead atoms. The van der Waals surface area contributed by atoms with Crippen LogP contribution in [-0.4, -0.2) is 39.5 Å². The maximum atomic E-state index is 14.1. The van der Waals surface area contributed by atoms with Crippen LogP contribution in [0.3, 0.4) is 0 Å². The number of hydrogen-bond acceptors (Lipinski definition) is 5. The molecule has 174 valence electrons. The number of alkyl halides is 6. The molecule has 0 spiro atoms. The summed E-state index contributed by atoms with van der Waals surface area (Å²) in [6.45, 7) is 0. The molecule has 0 radical (unpaired) electrons. The number of hydrogen-bond donors (Lipinski definition) is 4. The van der Waals surface area contributed by atoms with Gasteiger partial charge in [-0.05, 0) is 24.3 Å². The Morgan fingerprint density at radius 2 is 1.45 bits per heavy atom. The van der Waals surface area contributed by atoms with E-state index in [0.29, 0.717) is 5.43 Å². The van der Waals surface area contributed by atoms with Gasteiger partial charge in [-0.25, -0.2) is 10.8 Å². The van der Waals surface area contributed by atoms with E-state index < -0.39 is 40.8 Å². The van der Waals surface area contributed by atoms with Crippen molar-refractivity contribution in [3.05, 3.63) is 58.9 Å². The van der Waals surface area contributed by atoms with Gasteiger partial charge in [0.2, 0.25) is 0 Å². The summed E-state index contributed by atoms with van der Waals surface area (Å²) < 4.78 is 83.2. The van der Waals surface area contributed by atoms with E-state index >= 15 is 0 Å². The number of rotatable bonds is 6. The summed E-state index contributed by atoms with van der Waals surface area (Å²) in [7, 11) is 0. The second-order valence-corrected chi connectivity index (χ2v) is 6.63. The van der Waals surface area contributed by atoms with Crippen molar-refractivity contribution in [1.29, 1.82) is 0 Å². The van der Waals surface area contributed by atoms with Crippen LogP contribution in [0.2, 0.25) is 0 Å². The summed E-state index contributed by atoms with van der Waals surface area (Å²) in [5.74, 6) is -20.2. The number of H-pyrrole nitrogens is 1. The number of para-hydroxylation sites is 2. The fourth-order valence-electron chi connectivity index (χ4n) is 2.79. The van der Waals surface area contributed by atoms with Crippen LogP contribution in [0.5, 0.6) is 0 Å². The maximum absolute atomic E-state index is 14.1. The first-order valence-corrected chi connectivity index (χ1v) is 8.89. The molecule has 5 N–H and O–H groups in total. The molecular weight excluding hydrogens is 460 g/mol. The average Bonchev–Trinajstić information content (AvgIpc) is 2.78. The minimum Gasteiger partial charge on any atom is -0.320 e. The highest BCUT2D eigenvalue weighted by atomic mass is 19.3. The average molecular weight is 473 g/mol. The van der Waals surface area contributed by atoms with Crippen molar-refractivity contribution in [2.45, 2.75) is 17.8 Å². The van der Waals surface area contributed by atoms with Gasteiger partial charge in [-0.1, -0.05) is 24.3 Å².